The van der Waals surface area contributed by atoms with Gasteiger partial charge in [-0.1, -0.05) is 41.9 Å². The van der Waals surface area contributed by atoms with Gasteiger partial charge in [-0.2, -0.15) is 0 Å². The minimum absolute atomic E-state index is 0.344. The molecule has 0 N–H and O–H groups in total. The molecule has 0 radical (unpaired) electrons. The summed E-state index contributed by atoms with van der Waals surface area (Å²) in [7, 11) is 1.92. The predicted octanol–water partition coefficient (Wildman–Crippen LogP) is 4.07. The van der Waals surface area contributed by atoms with Gasteiger partial charge in [0.1, 0.15) is 0 Å². The van der Waals surface area contributed by atoms with Gasteiger partial charge < -0.3 is 9.64 Å². The molecular formula is C20H19ClN2O2. The molecule has 25 heavy (non-hydrogen) atoms. The average Bonchev–Trinajstić information content (AvgIpc) is 2.73. The number of hydrogen-bond donors (Lipinski definition) is 0. The van der Waals surface area contributed by atoms with Crippen LogP contribution in [0.4, 0.5) is 5.69 Å². The van der Waals surface area contributed by atoms with Crippen LogP contribution < -0.4 is 4.90 Å². The molecule has 2 aromatic carbocycles. The molecule has 5 heteroatoms. The van der Waals surface area contributed by atoms with Crippen molar-refractivity contribution in [2.45, 2.75) is 6.92 Å². The van der Waals surface area contributed by atoms with Crippen LogP contribution in [0.25, 0.3) is 0 Å². The molecule has 0 saturated heterocycles. The van der Waals surface area contributed by atoms with Gasteiger partial charge >= 0.3 is 5.97 Å². The van der Waals surface area contributed by atoms with Crippen LogP contribution in [0.3, 0.4) is 0 Å². The average molecular weight is 355 g/mol. The monoisotopic (exact) mass is 354 g/mol. The predicted molar refractivity (Wildman–Crippen MR) is 102 cm³/mol. The molecule has 1 aliphatic rings. The zero-order valence-electron chi connectivity index (χ0n) is 14.2. The molecule has 3 rings (SSSR count). The highest BCUT2D eigenvalue weighted by atomic mass is 35.5. The number of anilines is 1. The number of ether oxygens (including phenoxy) is 1. The van der Waals surface area contributed by atoms with Gasteiger partial charge in [-0.25, -0.2) is 4.79 Å². The molecule has 0 amide bonds. The minimum Gasteiger partial charge on any atom is -0.463 e. The lowest BCUT2D eigenvalue weighted by atomic mass is 10.0. The standard InChI is InChI=1S/C20H19ClN2O2/c1-3-25-19(24)12-16-13-22-20(14-7-5-4-6-8-14)17-11-15(21)9-10-18(17)23(16)2/h4-12H,3,13H2,1-2H3/b16-12-. The van der Waals surface area contributed by atoms with Crippen molar-refractivity contribution in [3.8, 4) is 0 Å². The van der Waals surface area contributed by atoms with E-state index in [1.54, 1.807) is 6.92 Å². The van der Waals surface area contributed by atoms with E-state index in [0.29, 0.717) is 18.2 Å². The summed E-state index contributed by atoms with van der Waals surface area (Å²) in [5.41, 5.74) is 4.52. The Labute approximate surface area is 152 Å². The van der Waals surface area contributed by atoms with Gasteiger partial charge in [-0.3, -0.25) is 4.99 Å². The summed E-state index contributed by atoms with van der Waals surface area (Å²) >= 11 is 6.23. The van der Waals surface area contributed by atoms with Crippen molar-refractivity contribution in [1.29, 1.82) is 0 Å². The molecule has 128 valence electrons. The largest absolute Gasteiger partial charge is 0.463 e. The SMILES string of the molecule is CCOC(=O)/C=C1/CN=C(c2ccccc2)c2cc(Cl)ccc2N1C. The lowest BCUT2D eigenvalue weighted by Gasteiger charge is -2.22. The maximum Gasteiger partial charge on any atom is 0.332 e. The molecule has 0 saturated carbocycles. The number of fused-ring (bicyclic) bond motifs is 1. The first kappa shape index (κ1) is 17.2. The Morgan fingerprint density at radius 3 is 2.76 bits per heavy atom. The number of benzene rings is 2. The number of likely N-dealkylation sites (N-methyl/N-ethyl adjacent to an activating group) is 1. The van der Waals surface area contributed by atoms with E-state index < -0.39 is 0 Å². The summed E-state index contributed by atoms with van der Waals surface area (Å²) < 4.78 is 5.04. The van der Waals surface area contributed by atoms with Gasteiger partial charge in [0.05, 0.1) is 24.6 Å². The summed E-state index contributed by atoms with van der Waals surface area (Å²) in [6.07, 6.45) is 1.50. The number of halogens is 1. The molecule has 1 heterocycles. The summed E-state index contributed by atoms with van der Waals surface area (Å²) in [4.78, 5) is 18.6. The molecule has 0 fully saturated rings. The third-order valence-corrected chi connectivity index (χ3v) is 4.26. The van der Waals surface area contributed by atoms with Crippen molar-refractivity contribution < 1.29 is 9.53 Å². The maximum absolute atomic E-state index is 11.9. The number of nitrogens with zero attached hydrogens (tertiary/aromatic N) is 2. The van der Waals surface area contributed by atoms with E-state index in [1.807, 2.05) is 60.5 Å². The number of rotatable bonds is 3. The van der Waals surface area contributed by atoms with E-state index in [2.05, 4.69) is 0 Å². The summed E-state index contributed by atoms with van der Waals surface area (Å²) in [6.45, 7) is 2.51. The van der Waals surface area contributed by atoms with E-state index >= 15 is 0 Å². The molecule has 0 aliphatic carbocycles. The highest BCUT2D eigenvalue weighted by Crippen LogP contribution is 2.31. The van der Waals surface area contributed by atoms with E-state index in [9.17, 15) is 4.79 Å². The molecular weight excluding hydrogens is 336 g/mol. The Bertz CT molecular complexity index is 844. The van der Waals surface area contributed by atoms with Gasteiger partial charge in [0.2, 0.25) is 0 Å². The summed E-state index contributed by atoms with van der Waals surface area (Å²) in [5, 5.41) is 0.647. The van der Waals surface area contributed by atoms with Crippen molar-refractivity contribution in [3.63, 3.8) is 0 Å². The van der Waals surface area contributed by atoms with Crippen LogP contribution in [0.5, 0.6) is 0 Å². The second kappa shape index (κ2) is 7.53. The highest BCUT2D eigenvalue weighted by molar-refractivity contribution is 6.31. The Kier molecular flexibility index (Phi) is 5.19. The van der Waals surface area contributed by atoms with E-state index in [4.69, 9.17) is 21.3 Å². The Morgan fingerprint density at radius 2 is 2.04 bits per heavy atom. The van der Waals surface area contributed by atoms with E-state index in [0.717, 1.165) is 28.2 Å². The lowest BCUT2D eigenvalue weighted by Crippen LogP contribution is -2.20. The molecule has 1 aliphatic heterocycles. The van der Waals surface area contributed by atoms with Gasteiger partial charge in [0.15, 0.2) is 0 Å². The number of esters is 1. The lowest BCUT2D eigenvalue weighted by molar-refractivity contribution is -0.137. The molecule has 0 atom stereocenters. The molecule has 0 unspecified atom stereocenters. The zero-order chi connectivity index (χ0) is 17.8. The highest BCUT2D eigenvalue weighted by Gasteiger charge is 2.21. The van der Waals surface area contributed by atoms with Crippen molar-refractivity contribution in [2.24, 2.45) is 4.99 Å². The number of hydrogen-bond acceptors (Lipinski definition) is 4. The van der Waals surface area contributed by atoms with E-state index in [-0.39, 0.29) is 5.97 Å². The quantitative estimate of drug-likeness (QED) is 0.616. The second-order valence-electron chi connectivity index (χ2n) is 5.64. The Hall–Kier alpha value is -2.59. The Morgan fingerprint density at radius 1 is 1.28 bits per heavy atom. The molecule has 4 nitrogen and oxygen atoms in total. The van der Waals surface area contributed by atoms with Crippen LogP contribution in [0, 0.1) is 0 Å². The number of carbonyl (C=O) groups excluding carboxylic acids is 1. The van der Waals surface area contributed by atoms with Crippen LogP contribution in [0.2, 0.25) is 5.02 Å². The zero-order valence-corrected chi connectivity index (χ0v) is 15.0. The van der Waals surface area contributed by atoms with Gasteiger partial charge in [0.25, 0.3) is 0 Å². The van der Waals surface area contributed by atoms with E-state index in [1.165, 1.54) is 6.08 Å². The van der Waals surface area contributed by atoms with Crippen molar-refractivity contribution >= 4 is 29.0 Å². The van der Waals surface area contributed by atoms with Crippen LogP contribution in [-0.4, -0.2) is 31.9 Å². The molecule has 0 bridgehead atoms. The second-order valence-corrected chi connectivity index (χ2v) is 6.08. The van der Waals surface area contributed by atoms with Gasteiger partial charge in [-0.05, 0) is 25.1 Å². The van der Waals surface area contributed by atoms with Crippen LogP contribution in [-0.2, 0) is 9.53 Å². The topological polar surface area (TPSA) is 41.9 Å². The molecule has 2 aromatic rings. The van der Waals surface area contributed by atoms with Crippen LogP contribution in [0.1, 0.15) is 18.1 Å². The number of aliphatic imine (C=N–C) groups is 1. The summed E-state index contributed by atoms with van der Waals surface area (Å²) in [5.74, 6) is -0.363. The smallest absolute Gasteiger partial charge is 0.332 e. The van der Waals surface area contributed by atoms with Crippen molar-refractivity contribution in [1.82, 2.24) is 0 Å². The number of carbonyl (C=O) groups is 1. The fraction of sp³-hybridized carbons (Fsp3) is 0.200. The van der Waals surface area contributed by atoms with Crippen LogP contribution >= 0.6 is 11.6 Å². The third-order valence-electron chi connectivity index (χ3n) is 4.02. The first-order valence-corrected chi connectivity index (χ1v) is 8.48. The van der Waals surface area contributed by atoms with Gasteiger partial charge in [0, 0.05) is 35.0 Å². The number of benzodiazepines with no additional fused rings is 1. The molecule has 0 aromatic heterocycles. The van der Waals surface area contributed by atoms with Crippen LogP contribution in [0.15, 0.2) is 65.3 Å². The van der Waals surface area contributed by atoms with Crippen molar-refractivity contribution in [2.75, 3.05) is 25.1 Å². The van der Waals surface area contributed by atoms with Crippen molar-refractivity contribution in [3.05, 3.63) is 76.5 Å². The minimum atomic E-state index is -0.363. The van der Waals surface area contributed by atoms with Gasteiger partial charge in [-0.15, -0.1) is 0 Å². The summed E-state index contributed by atoms with van der Waals surface area (Å²) in [6, 6.07) is 15.7. The fourth-order valence-electron chi connectivity index (χ4n) is 2.80. The first-order valence-electron chi connectivity index (χ1n) is 8.11. The fourth-order valence-corrected chi connectivity index (χ4v) is 2.97. The Balaban J connectivity index is 2.12. The first-order chi connectivity index (χ1) is 12.1. The normalized spacial score (nSPS) is 15.4. The maximum atomic E-state index is 11.9. The third kappa shape index (κ3) is 3.74. The molecule has 0 spiro atoms.